The largest absolute Gasteiger partial charge is 0.352 e. The molecule has 0 aromatic heterocycles. The molecule has 4 nitrogen and oxygen atoms in total. The molecule has 2 rings (SSSR count). The van der Waals surface area contributed by atoms with E-state index in [4.69, 9.17) is 46.4 Å². The molecule has 0 heterocycles. The van der Waals surface area contributed by atoms with Gasteiger partial charge in [0.15, 0.2) is 0 Å². The minimum Gasteiger partial charge on any atom is -0.352 e. The van der Waals surface area contributed by atoms with Gasteiger partial charge in [-0.05, 0) is 49.6 Å². The third-order valence-electron chi connectivity index (χ3n) is 5.13. The van der Waals surface area contributed by atoms with Crippen molar-refractivity contribution in [2.75, 3.05) is 0 Å². The highest BCUT2D eigenvalue weighted by Crippen LogP contribution is 2.28. The molecule has 0 bridgehead atoms. The molecule has 0 radical (unpaired) electrons. The molecule has 0 saturated carbocycles. The van der Waals surface area contributed by atoms with Crippen LogP contribution in [0, 0.1) is 0 Å². The molecule has 2 atom stereocenters. The Kier molecular flexibility index (Phi) is 9.95. The predicted octanol–water partition coefficient (Wildman–Crippen LogP) is 6.56. The van der Waals surface area contributed by atoms with E-state index in [9.17, 15) is 9.59 Å². The van der Waals surface area contributed by atoms with Gasteiger partial charge in [0, 0.05) is 38.2 Å². The Balaban J connectivity index is 2.40. The van der Waals surface area contributed by atoms with E-state index in [1.165, 1.54) is 4.90 Å². The Hall–Kier alpha value is -1.46. The number of carbonyl (C=O) groups excluding carboxylic acids is 2. The minimum atomic E-state index is -0.681. The number of amides is 2. The SMILES string of the molecule is CC[C@H](C)NC(=O)[C@H](CC)N(Cc1c(Cl)cccc1Cl)C(=O)Cc1ccc(Cl)cc1Cl. The number of hydrogen-bond acceptors (Lipinski definition) is 2. The zero-order valence-corrected chi connectivity index (χ0v) is 20.7. The van der Waals surface area contributed by atoms with Crippen molar-refractivity contribution >= 4 is 58.2 Å². The monoisotopic (exact) mass is 502 g/mol. The molecule has 0 unspecified atom stereocenters. The minimum absolute atomic E-state index is 0.00638. The fourth-order valence-corrected chi connectivity index (χ4v) is 4.14. The quantitative estimate of drug-likeness (QED) is 0.421. The lowest BCUT2D eigenvalue weighted by atomic mass is 10.1. The van der Waals surface area contributed by atoms with Gasteiger partial charge in [-0.2, -0.15) is 0 Å². The summed E-state index contributed by atoms with van der Waals surface area (Å²) < 4.78 is 0. The van der Waals surface area contributed by atoms with Crippen LogP contribution in [0.4, 0.5) is 0 Å². The van der Waals surface area contributed by atoms with Crippen LogP contribution in [0.1, 0.15) is 44.7 Å². The molecule has 168 valence electrons. The number of carbonyl (C=O) groups is 2. The fourth-order valence-electron chi connectivity index (χ4n) is 3.14. The van der Waals surface area contributed by atoms with Crippen LogP contribution in [0.5, 0.6) is 0 Å². The van der Waals surface area contributed by atoms with Gasteiger partial charge in [0.2, 0.25) is 11.8 Å². The molecule has 0 aliphatic carbocycles. The summed E-state index contributed by atoms with van der Waals surface area (Å²) in [5, 5.41) is 4.73. The number of nitrogens with zero attached hydrogens (tertiary/aromatic N) is 1. The van der Waals surface area contributed by atoms with Crippen LogP contribution in [0.3, 0.4) is 0 Å². The molecule has 31 heavy (non-hydrogen) atoms. The number of nitrogens with one attached hydrogen (secondary N) is 1. The van der Waals surface area contributed by atoms with Crippen LogP contribution in [-0.4, -0.2) is 28.8 Å². The van der Waals surface area contributed by atoms with Gasteiger partial charge in [-0.15, -0.1) is 0 Å². The average molecular weight is 504 g/mol. The van der Waals surface area contributed by atoms with Gasteiger partial charge in [0.05, 0.1) is 6.42 Å². The van der Waals surface area contributed by atoms with Crippen molar-refractivity contribution < 1.29 is 9.59 Å². The maximum atomic E-state index is 13.4. The molecular formula is C23H26Cl4N2O2. The number of halogens is 4. The van der Waals surface area contributed by atoms with E-state index < -0.39 is 6.04 Å². The Bertz CT molecular complexity index is 916. The maximum Gasteiger partial charge on any atom is 0.243 e. The lowest BCUT2D eigenvalue weighted by Crippen LogP contribution is -2.51. The van der Waals surface area contributed by atoms with Gasteiger partial charge in [-0.1, -0.05) is 72.4 Å². The molecule has 8 heteroatoms. The molecule has 0 spiro atoms. The number of benzene rings is 2. The van der Waals surface area contributed by atoms with Gasteiger partial charge < -0.3 is 10.2 Å². The summed E-state index contributed by atoms with van der Waals surface area (Å²) >= 11 is 25.0. The lowest BCUT2D eigenvalue weighted by molar-refractivity contribution is -0.141. The van der Waals surface area contributed by atoms with Gasteiger partial charge in [0.25, 0.3) is 0 Å². The summed E-state index contributed by atoms with van der Waals surface area (Å²) in [7, 11) is 0. The topological polar surface area (TPSA) is 49.4 Å². The Morgan fingerprint density at radius 3 is 2.16 bits per heavy atom. The first-order valence-corrected chi connectivity index (χ1v) is 11.7. The van der Waals surface area contributed by atoms with E-state index in [2.05, 4.69) is 5.32 Å². The predicted molar refractivity (Wildman–Crippen MR) is 129 cm³/mol. The lowest BCUT2D eigenvalue weighted by Gasteiger charge is -2.32. The van der Waals surface area contributed by atoms with Crippen LogP contribution >= 0.6 is 46.4 Å². The third-order valence-corrected chi connectivity index (χ3v) is 6.43. The summed E-state index contributed by atoms with van der Waals surface area (Å²) in [6.45, 7) is 5.88. The van der Waals surface area contributed by atoms with Crippen molar-refractivity contribution in [2.24, 2.45) is 0 Å². The van der Waals surface area contributed by atoms with Crippen molar-refractivity contribution in [2.45, 2.75) is 58.7 Å². The van der Waals surface area contributed by atoms with Crippen LogP contribution in [0.25, 0.3) is 0 Å². The molecule has 0 fully saturated rings. The fraction of sp³-hybridized carbons (Fsp3) is 0.391. The molecule has 0 aliphatic rings. The zero-order valence-electron chi connectivity index (χ0n) is 17.7. The second-order valence-electron chi connectivity index (χ2n) is 7.38. The summed E-state index contributed by atoms with van der Waals surface area (Å²) in [6.07, 6.45) is 1.24. The van der Waals surface area contributed by atoms with Crippen LogP contribution in [0.15, 0.2) is 36.4 Å². The average Bonchev–Trinajstić information content (AvgIpc) is 2.71. The van der Waals surface area contributed by atoms with Crippen LogP contribution in [0.2, 0.25) is 20.1 Å². The smallest absolute Gasteiger partial charge is 0.243 e. The molecule has 0 saturated heterocycles. The Labute approximate surface area is 203 Å². The highest BCUT2D eigenvalue weighted by Gasteiger charge is 2.30. The Morgan fingerprint density at radius 1 is 0.968 bits per heavy atom. The van der Waals surface area contributed by atoms with Gasteiger partial charge in [0.1, 0.15) is 6.04 Å². The van der Waals surface area contributed by atoms with E-state index in [1.807, 2.05) is 20.8 Å². The van der Waals surface area contributed by atoms with E-state index in [1.54, 1.807) is 36.4 Å². The van der Waals surface area contributed by atoms with Gasteiger partial charge in [-0.3, -0.25) is 9.59 Å². The second-order valence-corrected chi connectivity index (χ2v) is 9.03. The van der Waals surface area contributed by atoms with Crippen molar-refractivity contribution in [3.05, 3.63) is 67.6 Å². The zero-order chi connectivity index (χ0) is 23.1. The summed E-state index contributed by atoms with van der Waals surface area (Å²) in [4.78, 5) is 27.9. The summed E-state index contributed by atoms with van der Waals surface area (Å²) in [5.41, 5.74) is 1.22. The van der Waals surface area contributed by atoms with Crippen molar-refractivity contribution in [1.82, 2.24) is 10.2 Å². The Morgan fingerprint density at radius 2 is 1.61 bits per heavy atom. The van der Waals surface area contributed by atoms with E-state index in [-0.39, 0.29) is 30.8 Å². The molecule has 2 aromatic rings. The first-order valence-electron chi connectivity index (χ1n) is 10.1. The van der Waals surface area contributed by atoms with Crippen molar-refractivity contribution in [3.8, 4) is 0 Å². The normalized spacial score (nSPS) is 12.9. The van der Waals surface area contributed by atoms with E-state index >= 15 is 0 Å². The second kappa shape index (κ2) is 12.0. The van der Waals surface area contributed by atoms with Crippen LogP contribution < -0.4 is 5.32 Å². The van der Waals surface area contributed by atoms with Crippen molar-refractivity contribution in [3.63, 3.8) is 0 Å². The molecule has 0 aliphatic heterocycles. The number of hydrogen-bond donors (Lipinski definition) is 1. The van der Waals surface area contributed by atoms with Crippen molar-refractivity contribution in [1.29, 1.82) is 0 Å². The molecule has 2 amide bonds. The van der Waals surface area contributed by atoms with Gasteiger partial charge in [-0.25, -0.2) is 0 Å². The van der Waals surface area contributed by atoms with E-state index in [0.29, 0.717) is 37.6 Å². The van der Waals surface area contributed by atoms with Crippen LogP contribution in [-0.2, 0) is 22.6 Å². The molecule has 1 N–H and O–H groups in total. The first-order chi connectivity index (χ1) is 14.7. The highest BCUT2D eigenvalue weighted by atomic mass is 35.5. The van der Waals surface area contributed by atoms with E-state index in [0.717, 1.165) is 6.42 Å². The molecular weight excluding hydrogens is 478 g/mol. The molecule has 2 aromatic carbocycles. The van der Waals surface area contributed by atoms with Gasteiger partial charge >= 0.3 is 0 Å². The third kappa shape index (κ3) is 7.01. The maximum absolute atomic E-state index is 13.4. The highest BCUT2D eigenvalue weighted by molar-refractivity contribution is 6.36. The first kappa shape index (κ1) is 25.8. The summed E-state index contributed by atoms with van der Waals surface area (Å²) in [5.74, 6) is -0.470. The number of rotatable bonds is 9. The standard InChI is InChI=1S/C23H26Cl4N2O2/c1-4-14(3)28-23(31)21(5-2)29(13-17-18(25)7-6-8-19(17)26)22(30)11-15-9-10-16(24)12-20(15)27/h6-10,12,14,21H,4-5,11,13H2,1-3H3,(H,28,31)/t14-,21-/m0/s1. The summed E-state index contributed by atoms with van der Waals surface area (Å²) in [6, 6.07) is 9.45.